The molecule has 0 saturated heterocycles. The van der Waals surface area contributed by atoms with Crippen molar-refractivity contribution in [1.29, 1.82) is 0 Å². The molecular weight excluding hydrogens is 848 g/mol. The molecule has 17 heteroatoms. The zero-order valence-corrected chi connectivity index (χ0v) is 36.6. The fourth-order valence-corrected chi connectivity index (χ4v) is 6.68. The van der Waals surface area contributed by atoms with Crippen molar-refractivity contribution in [3.63, 3.8) is 0 Å². The van der Waals surface area contributed by atoms with Crippen LogP contribution in [0.2, 0.25) is 5.02 Å². The van der Waals surface area contributed by atoms with Crippen LogP contribution in [0.3, 0.4) is 0 Å². The van der Waals surface area contributed by atoms with E-state index in [2.05, 4.69) is 30.6 Å². The summed E-state index contributed by atoms with van der Waals surface area (Å²) in [7, 11) is 0. The van der Waals surface area contributed by atoms with Gasteiger partial charge in [-0.15, -0.1) is 0 Å². The second kappa shape index (κ2) is 27.0. The summed E-state index contributed by atoms with van der Waals surface area (Å²) in [6.45, 7) is 1.05. The van der Waals surface area contributed by atoms with E-state index in [1.54, 1.807) is 17.0 Å². The first-order valence-corrected chi connectivity index (χ1v) is 21.7. The highest BCUT2D eigenvalue weighted by atomic mass is 35.5. The van der Waals surface area contributed by atoms with Gasteiger partial charge < -0.3 is 10.6 Å². The molecule has 0 fully saturated rings. The number of hydrogen-bond acceptors (Lipinski definition) is 12. The van der Waals surface area contributed by atoms with Crippen LogP contribution >= 0.6 is 11.6 Å². The third kappa shape index (κ3) is 15.8. The number of carbonyl (C=O) groups excluding carboxylic acids is 4. The van der Waals surface area contributed by atoms with Crippen molar-refractivity contribution in [3.05, 3.63) is 156 Å². The maximum Gasteiger partial charge on any atom is 0.254 e. The number of carbonyl (C=O) groups is 4. The van der Waals surface area contributed by atoms with Gasteiger partial charge in [0, 0.05) is 67.8 Å². The van der Waals surface area contributed by atoms with Crippen LogP contribution in [0.5, 0.6) is 0 Å². The predicted octanol–water partition coefficient (Wildman–Crippen LogP) is 8.92. The van der Waals surface area contributed by atoms with E-state index in [-0.39, 0.29) is 23.6 Å². The molecule has 0 radical (unpaired) electrons. The molecule has 6 rings (SSSR count). The Labute approximate surface area is 383 Å². The number of anilines is 6. The molecule has 4 amide bonds. The van der Waals surface area contributed by atoms with Crippen LogP contribution in [0.4, 0.5) is 34.6 Å². The molecule has 0 aliphatic carbocycles. The van der Waals surface area contributed by atoms with Gasteiger partial charge in [0.2, 0.25) is 23.7 Å². The van der Waals surface area contributed by atoms with E-state index in [9.17, 15) is 19.2 Å². The smallest absolute Gasteiger partial charge is 0.254 e. The van der Waals surface area contributed by atoms with Gasteiger partial charge in [-0.2, -0.15) is 0 Å². The zero-order chi connectivity index (χ0) is 46.1. The average Bonchev–Trinajstić information content (AvgIpc) is 3.35. The number of amides is 4. The summed E-state index contributed by atoms with van der Waals surface area (Å²) in [6, 6.07) is 36.7. The normalized spacial score (nSPS) is 10.4. The molecule has 0 atom stereocenters. The van der Waals surface area contributed by atoms with Crippen molar-refractivity contribution in [2.45, 2.75) is 64.2 Å². The molecule has 0 spiro atoms. The van der Waals surface area contributed by atoms with Gasteiger partial charge in [0.1, 0.15) is 0 Å². The number of unbranched alkanes of at least 4 members (excludes halogenated alkanes) is 6. The van der Waals surface area contributed by atoms with Crippen LogP contribution in [-0.2, 0) is 9.59 Å². The Morgan fingerprint density at radius 3 is 1.22 bits per heavy atom. The van der Waals surface area contributed by atoms with Gasteiger partial charge in [0.05, 0.1) is 21.8 Å². The SMILES string of the molecule is O=C(CCCCCCNC(=O)c1cnc(N(c2ccccc2)c2ccccc2)nc1)NO.O=C(CCCCCCNC(=O)c1cnc(N(c2ccccc2)c2ccccc2Cl)nc1)NO. The van der Waals surface area contributed by atoms with Gasteiger partial charge in [-0.1, -0.05) is 104 Å². The third-order valence-corrected chi connectivity index (χ3v) is 10.1. The minimum absolute atomic E-state index is 0.220. The fourth-order valence-electron chi connectivity index (χ4n) is 6.46. The number of aromatic nitrogens is 4. The highest BCUT2D eigenvalue weighted by Gasteiger charge is 2.19. The van der Waals surface area contributed by atoms with E-state index in [1.165, 1.54) is 24.8 Å². The van der Waals surface area contributed by atoms with E-state index in [4.69, 9.17) is 22.0 Å². The first-order chi connectivity index (χ1) is 31.8. The largest absolute Gasteiger partial charge is 0.352 e. The summed E-state index contributed by atoms with van der Waals surface area (Å²) in [4.78, 5) is 68.2. The van der Waals surface area contributed by atoms with Gasteiger partial charge in [0.15, 0.2) is 0 Å². The van der Waals surface area contributed by atoms with Crippen molar-refractivity contribution in [2.24, 2.45) is 0 Å². The second-order valence-corrected chi connectivity index (χ2v) is 15.0. The predicted molar refractivity (Wildman–Crippen MR) is 249 cm³/mol. The van der Waals surface area contributed by atoms with Crippen LogP contribution in [0.15, 0.2) is 140 Å². The molecule has 65 heavy (non-hydrogen) atoms. The van der Waals surface area contributed by atoms with Gasteiger partial charge >= 0.3 is 0 Å². The number of nitrogens with zero attached hydrogens (tertiary/aromatic N) is 6. The van der Waals surface area contributed by atoms with Gasteiger partial charge in [-0.05, 0) is 74.2 Å². The first-order valence-electron chi connectivity index (χ1n) is 21.3. The minimum Gasteiger partial charge on any atom is -0.352 e. The van der Waals surface area contributed by atoms with Gasteiger partial charge in [0.25, 0.3) is 11.8 Å². The standard InChI is InChI=1S/C24H26ClN5O3.C24H27N5O3/c25-20-12-7-8-13-21(20)30(19-10-4-3-5-11-19)24-27-16-18(17-28-24)23(32)26-15-9-2-1-6-14-22(31)29-33;30-22(28-32)15-9-1-2-10-16-25-23(31)19-17-26-24(27-18-19)29(20-11-5-3-6-12-20)21-13-7-4-8-14-21/h3-5,7-8,10-13,16-17,33H,1-2,6,9,14-15H2,(H,26,32)(H,29,31);3-8,11-14,17-18,32H,1-2,9-10,15-16H2,(H,25,31)(H,28,30). The highest BCUT2D eigenvalue weighted by Crippen LogP contribution is 2.36. The van der Waals surface area contributed by atoms with Crippen molar-refractivity contribution < 1.29 is 29.6 Å². The molecular formula is C48H53ClN10O6. The Morgan fingerprint density at radius 1 is 0.462 bits per heavy atom. The lowest BCUT2D eigenvalue weighted by molar-refractivity contribution is -0.130. The fraction of sp³-hybridized carbons (Fsp3) is 0.250. The summed E-state index contributed by atoms with van der Waals surface area (Å²) in [5.41, 5.74) is 7.43. The topological polar surface area (TPSA) is 215 Å². The van der Waals surface area contributed by atoms with Crippen molar-refractivity contribution in [1.82, 2.24) is 41.5 Å². The molecule has 0 unspecified atom stereocenters. The molecule has 6 N–H and O–H groups in total. The molecule has 16 nitrogen and oxygen atoms in total. The summed E-state index contributed by atoms with van der Waals surface area (Å²) in [6.07, 6.45) is 13.1. The summed E-state index contributed by atoms with van der Waals surface area (Å²) in [5, 5.41) is 23.2. The number of para-hydroxylation sites is 4. The Bertz CT molecular complexity index is 2330. The van der Waals surface area contributed by atoms with Crippen molar-refractivity contribution in [2.75, 3.05) is 22.9 Å². The van der Waals surface area contributed by atoms with E-state index >= 15 is 0 Å². The molecule has 0 aliphatic heterocycles. The van der Waals surface area contributed by atoms with Crippen molar-refractivity contribution >= 4 is 69.9 Å². The molecule has 0 saturated carbocycles. The number of hydrogen-bond donors (Lipinski definition) is 6. The summed E-state index contributed by atoms with van der Waals surface area (Å²) in [5.74, 6) is -0.344. The molecule has 0 aliphatic rings. The van der Waals surface area contributed by atoms with Crippen LogP contribution < -0.4 is 31.4 Å². The molecule has 338 valence electrons. The first kappa shape index (κ1) is 48.8. The Kier molecular flexibility index (Phi) is 20.3. The summed E-state index contributed by atoms with van der Waals surface area (Å²) >= 11 is 6.43. The van der Waals surface area contributed by atoms with Crippen LogP contribution in [0, 0.1) is 0 Å². The molecule has 6 aromatic rings. The molecule has 2 aromatic heterocycles. The van der Waals surface area contributed by atoms with E-state index < -0.39 is 0 Å². The molecule has 0 bridgehead atoms. The monoisotopic (exact) mass is 900 g/mol. The number of rotatable bonds is 22. The quantitative estimate of drug-likeness (QED) is 0.0214. The Hall–Kier alpha value is -7.27. The van der Waals surface area contributed by atoms with E-state index in [0.29, 0.717) is 66.8 Å². The number of halogens is 1. The summed E-state index contributed by atoms with van der Waals surface area (Å²) < 4.78 is 0. The van der Waals surface area contributed by atoms with Crippen LogP contribution in [-0.4, -0.2) is 67.1 Å². The molecule has 2 heterocycles. The average molecular weight is 901 g/mol. The van der Waals surface area contributed by atoms with Crippen LogP contribution in [0.25, 0.3) is 0 Å². The molecule has 4 aromatic carbocycles. The second-order valence-electron chi connectivity index (χ2n) is 14.6. The lowest BCUT2D eigenvalue weighted by atomic mass is 10.1. The number of hydroxylamine groups is 2. The zero-order valence-electron chi connectivity index (χ0n) is 35.9. The maximum absolute atomic E-state index is 12.4. The van der Waals surface area contributed by atoms with Gasteiger partial charge in [-0.25, -0.2) is 30.9 Å². The van der Waals surface area contributed by atoms with Crippen molar-refractivity contribution in [3.8, 4) is 0 Å². The minimum atomic E-state index is -0.382. The number of benzene rings is 4. The lowest BCUT2D eigenvalue weighted by Gasteiger charge is -2.23. The van der Waals surface area contributed by atoms with E-state index in [0.717, 1.165) is 61.3 Å². The number of nitrogens with one attached hydrogen (secondary N) is 4. The van der Waals surface area contributed by atoms with Crippen LogP contribution in [0.1, 0.15) is 84.9 Å². The highest BCUT2D eigenvalue weighted by molar-refractivity contribution is 6.33. The van der Waals surface area contributed by atoms with E-state index in [1.807, 2.05) is 119 Å². The Balaban J connectivity index is 0.000000244. The maximum atomic E-state index is 12.4. The van der Waals surface area contributed by atoms with Gasteiger partial charge in [-0.3, -0.25) is 39.4 Å². The third-order valence-electron chi connectivity index (χ3n) is 9.82. The lowest BCUT2D eigenvalue weighted by Crippen LogP contribution is -2.25. The Morgan fingerprint density at radius 2 is 0.815 bits per heavy atom.